The molecular weight excluding hydrogens is 243 g/mol. The highest BCUT2D eigenvalue weighted by molar-refractivity contribution is 5.29. The van der Waals surface area contributed by atoms with Gasteiger partial charge in [0, 0.05) is 23.8 Å². The Bertz CT molecular complexity index is 394. The molecule has 1 heterocycles. The van der Waals surface area contributed by atoms with Gasteiger partial charge in [0.25, 0.3) is 0 Å². The Morgan fingerprint density at radius 3 is 2.28 bits per heavy atom. The first kappa shape index (κ1) is 15.0. The van der Waals surface area contributed by atoms with Gasteiger partial charge >= 0.3 is 6.18 Å². The van der Waals surface area contributed by atoms with Gasteiger partial charge in [0.05, 0.1) is 12.1 Å². The van der Waals surface area contributed by atoms with Crippen LogP contribution in [0.2, 0.25) is 0 Å². The Kier molecular flexibility index (Phi) is 4.78. The average molecular weight is 263 g/mol. The molecule has 1 aromatic heterocycles. The number of rotatable bonds is 5. The fraction of sp³-hybridized carbons (Fsp3) is 0.750. The van der Waals surface area contributed by atoms with Crippen molar-refractivity contribution in [2.24, 2.45) is 5.73 Å². The van der Waals surface area contributed by atoms with Crippen LogP contribution in [-0.2, 0) is 19.4 Å². The summed E-state index contributed by atoms with van der Waals surface area (Å²) < 4.78 is 38.2. The lowest BCUT2D eigenvalue weighted by molar-refractivity contribution is -0.137. The van der Waals surface area contributed by atoms with Crippen LogP contribution >= 0.6 is 0 Å². The summed E-state index contributed by atoms with van der Waals surface area (Å²) in [5, 5.41) is 4.26. The molecule has 0 amide bonds. The Balaban J connectivity index is 3.05. The number of aromatic nitrogens is 2. The van der Waals surface area contributed by atoms with Crippen LogP contribution in [0, 0.1) is 0 Å². The highest BCUT2D eigenvalue weighted by Gasteiger charge is 2.28. The van der Waals surface area contributed by atoms with Crippen LogP contribution in [0.1, 0.15) is 50.2 Å². The summed E-state index contributed by atoms with van der Waals surface area (Å²) in [5.41, 5.74) is 8.43. The Morgan fingerprint density at radius 2 is 1.89 bits per heavy atom. The summed E-state index contributed by atoms with van der Waals surface area (Å²) in [6.07, 6.45) is -3.69. The zero-order chi connectivity index (χ0) is 13.9. The van der Waals surface area contributed by atoms with Gasteiger partial charge in [-0.15, -0.1) is 0 Å². The van der Waals surface area contributed by atoms with Crippen LogP contribution in [0.3, 0.4) is 0 Å². The topological polar surface area (TPSA) is 43.8 Å². The van der Waals surface area contributed by atoms with Crippen molar-refractivity contribution in [3.8, 4) is 0 Å². The standard InChI is InChI=1S/C12H20F3N3/c1-4-9-11(8(3)16)10(5-2)18(17-9)7-6-12(13,14)15/h8H,4-7,16H2,1-3H3. The zero-order valence-electron chi connectivity index (χ0n) is 11.0. The van der Waals surface area contributed by atoms with Crippen molar-refractivity contribution in [2.75, 3.05) is 0 Å². The van der Waals surface area contributed by atoms with Crippen molar-refractivity contribution >= 4 is 0 Å². The Morgan fingerprint density at radius 1 is 1.28 bits per heavy atom. The number of nitrogens with zero attached hydrogens (tertiary/aromatic N) is 2. The van der Waals surface area contributed by atoms with E-state index in [9.17, 15) is 13.2 Å². The third-order valence-electron chi connectivity index (χ3n) is 2.91. The van der Waals surface area contributed by atoms with Gasteiger partial charge in [0.15, 0.2) is 0 Å². The average Bonchev–Trinajstić information content (AvgIpc) is 2.63. The maximum Gasteiger partial charge on any atom is 0.390 e. The van der Waals surface area contributed by atoms with Gasteiger partial charge in [0.1, 0.15) is 0 Å². The molecule has 1 unspecified atom stereocenters. The number of aryl methyl sites for hydroxylation is 2. The lowest BCUT2D eigenvalue weighted by atomic mass is 10.0. The van der Waals surface area contributed by atoms with Crippen molar-refractivity contribution in [3.63, 3.8) is 0 Å². The first-order chi connectivity index (χ1) is 8.30. The van der Waals surface area contributed by atoms with Crippen molar-refractivity contribution in [2.45, 2.75) is 58.8 Å². The number of halogens is 3. The third-order valence-corrected chi connectivity index (χ3v) is 2.91. The molecule has 0 bridgehead atoms. The van der Waals surface area contributed by atoms with E-state index in [1.807, 2.05) is 20.8 Å². The Hall–Kier alpha value is -1.04. The quantitative estimate of drug-likeness (QED) is 0.887. The molecule has 0 aliphatic carbocycles. The molecule has 0 saturated carbocycles. The van der Waals surface area contributed by atoms with Crippen molar-refractivity contribution in [1.82, 2.24) is 9.78 Å². The molecule has 1 rings (SSSR count). The molecule has 0 aromatic carbocycles. The second-order valence-corrected chi connectivity index (χ2v) is 4.39. The monoisotopic (exact) mass is 263 g/mol. The minimum Gasteiger partial charge on any atom is -0.324 e. The maximum absolute atomic E-state index is 12.3. The summed E-state index contributed by atoms with van der Waals surface area (Å²) >= 11 is 0. The van der Waals surface area contributed by atoms with Crippen molar-refractivity contribution < 1.29 is 13.2 Å². The normalized spacial score (nSPS) is 13.9. The second kappa shape index (κ2) is 5.73. The van der Waals surface area contributed by atoms with E-state index >= 15 is 0 Å². The van der Waals surface area contributed by atoms with Crippen LogP contribution in [0.4, 0.5) is 13.2 Å². The predicted molar refractivity (Wildman–Crippen MR) is 64.3 cm³/mol. The van der Waals surface area contributed by atoms with E-state index < -0.39 is 12.6 Å². The molecule has 3 nitrogen and oxygen atoms in total. The SMILES string of the molecule is CCc1nn(CCC(F)(F)F)c(CC)c1C(C)N. The minimum atomic E-state index is -4.15. The summed E-state index contributed by atoms with van der Waals surface area (Å²) in [4.78, 5) is 0. The van der Waals surface area contributed by atoms with Gasteiger partial charge < -0.3 is 5.73 Å². The first-order valence-corrected chi connectivity index (χ1v) is 6.20. The second-order valence-electron chi connectivity index (χ2n) is 4.39. The molecule has 0 radical (unpaired) electrons. The molecule has 0 spiro atoms. The van der Waals surface area contributed by atoms with Gasteiger partial charge in [-0.2, -0.15) is 18.3 Å². The maximum atomic E-state index is 12.3. The Labute approximate surface area is 105 Å². The fourth-order valence-electron chi connectivity index (χ4n) is 2.14. The number of hydrogen-bond donors (Lipinski definition) is 1. The van der Waals surface area contributed by atoms with Crippen LogP contribution < -0.4 is 5.73 Å². The van der Waals surface area contributed by atoms with Gasteiger partial charge in [-0.25, -0.2) is 0 Å². The van der Waals surface area contributed by atoms with Gasteiger partial charge in [-0.1, -0.05) is 13.8 Å². The smallest absolute Gasteiger partial charge is 0.324 e. The molecule has 104 valence electrons. The van der Waals surface area contributed by atoms with Gasteiger partial charge in [0.2, 0.25) is 0 Å². The van der Waals surface area contributed by atoms with E-state index in [4.69, 9.17) is 5.73 Å². The predicted octanol–water partition coefficient (Wildman–Crippen LogP) is 2.98. The van der Waals surface area contributed by atoms with Crippen LogP contribution in [0.5, 0.6) is 0 Å². The molecule has 1 atom stereocenters. The van der Waals surface area contributed by atoms with E-state index in [1.54, 1.807) is 0 Å². The molecule has 0 aliphatic heterocycles. The molecule has 6 heteroatoms. The highest BCUT2D eigenvalue weighted by Crippen LogP contribution is 2.25. The third kappa shape index (κ3) is 3.48. The minimum absolute atomic E-state index is 0.133. The van der Waals surface area contributed by atoms with E-state index in [2.05, 4.69) is 5.10 Å². The molecule has 0 saturated heterocycles. The molecule has 2 N–H and O–H groups in total. The van der Waals surface area contributed by atoms with Crippen LogP contribution in [0.25, 0.3) is 0 Å². The lowest BCUT2D eigenvalue weighted by Crippen LogP contribution is -2.15. The highest BCUT2D eigenvalue weighted by atomic mass is 19.4. The van der Waals surface area contributed by atoms with Crippen LogP contribution in [0.15, 0.2) is 0 Å². The largest absolute Gasteiger partial charge is 0.390 e. The van der Waals surface area contributed by atoms with E-state index in [0.29, 0.717) is 12.8 Å². The van der Waals surface area contributed by atoms with Crippen molar-refractivity contribution in [3.05, 3.63) is 17.0 Å². The zero-order valence-corrected chi connectivity index (χ0v) is 11.0. The van der Waals surface area contributed by atoms with Crippen molar-refractivity contribution in [1.29, 1.82) is 0 Å². The first-order valence-electron chi connectivity index (χ1n) is 6.20. The van der Waals surface area contributed by atoms with Gasteiger partial charge in [-0.05, 0) is 19.8 Å². The summed E-state index contributed by atoms with van der Waals surface area (Å²) in [6, 6.07) is -0.200. The molecule has 1 aromatic rings. The molecule has 18 heavy (non-hydrogen) atoms. The number of alkyl halides is 3. The van der Waals surface area contributed by atoms with E-state index in [-0.39, 0.29) is 12.6 Å². The van der Waals surface area contributed by atoms with E-state index in [0.717, 1.165) is 17.0 Å². The number of hydrogen-bond acceptors (Lipinski definition) is 2. The molecule has 0 fully saturated rings. The molecule has 0 aliphatic rings. The molecular formula is C12H20F3N3. The van der Waals surface area contributed by atoms with Gasteiger partial charge in [-0.3, -0.25) is 4.68 Å². The van der Waals surface area contributed by atoms with E-state index in [1.165, 1.54) is 4.68 Å². The van der Waals surface area contributed by atoms with Crippen LogP contribution in [-0.4, -0.2) is 16.0 Å². The fourth-order valence-corrected chi connectivity index (χ4v) is 2.14. The number of nitrogens with two attached hydrogens (primary N) is 1. The summed E-state index contributed by atoms with van der Waals surface area (Å²) in [7, 11) is 0. The lowest BCUT2D eigenvalue weighted by Gasteiger charge is -2.11. The summed E-state index contributed by atoms with van der Waals surface area (Å²) in [5.74, 6) is 0. The summed E-state index contributed by atoms with van der Waals surface area (Å²) in [6.45, 7) is 5.55.